The number of ether oxygens (including phenoxy) is 2. The highest BCUT2D eigenvalue weighted by Gasteiger charge is 2.10. The monoisotopic (exact) mass is 272 g/mol. The molecule has 0 amide bonds. The van der Waals surface area contributed by atoms with Crippen LogP contribution >= 0.6 is 15.9 Å². The number of hydrogen-bond acceptors (Lipinski definition) is 3. The molecular weight excluding hydrogens is 260 g/mol. The molecule has 0 fully saturated rings. The van der Waals surface area contributed by atoms with Crippen LogP contribution in [0.5, 0.6) is 11.5 Å². The van der Waals surface area contributed by atoms with Crippen molar-refractivity contribution in [3.8, 4) is 11.5 Å². The van der Waals surface area contributed by atoms with Crippen molar-refractivity contribution in [2.24, 2.45) is 0 Å². The molecule has 0 unspecified atom stereocenters. The third-order valence-electron chi connectivity index (χ3n) is 2.05. The van der Waals surface area contributed by atoms with Gasteiger partial charge in [-0.1, -0.05) is 15.9 Å². The predicted molar refractivity (Wildman–Crippen MR) is 61.6 cm³/mol. The second kappa shape index (κ2) is 5.75. The maximum absolute atomic E-state index is 10.3. The van der Waals surface area contributed by atoms with Gasteiger partial charge in [0, 0.05) is 10.9 Å². The molecule has 0 radical (unpaired) electrons. The Hall–Kier alpha value is -1.03. The molecule has 0 heterocycles. The number of rotatable bonds is 5. The summed E-state index contributed by atoms with van der Waals surface area (Å²) in [6.07, 6.45) is 2.03. The fourth-order valence-electron chi connectivity index (χ4n) is 1.41. The first-order chi connectivity index (χ1) is 7.22. The van der Waals surface area contributed by atoms with Gasteiger partial charge in [0.2, 0.25) is 0 Å². The van der Waals surface area contributed by atoms with Gasteiger partial charge in [0.15, 0.2) is 11.5 Å². The van der Waals surface area contributed by atoms with Crippen LogP contribution in [0.25, 0.3) is 0 Å². The van der Waals surface area contributed by atoms with E-state index in [1.807, 2.05) is 12.1 Å². The molecule has 0 atom stereocenters. The van der Waals surface area contributed by atoms with Gasteiger partial charge in [-0.05, 0) is 24.1 Å². The summed E-state index contributed by atoms with van der Waals surface area (Å²) in [5.41, 5.74) is 0.968. The van der Waals surface area contributed by atoms with Crippen molar-refractivity contribution in [2.75, 3.05) is 14.2 Å². The van der Waals surface area contributed by atoms with Crippen molar-refractivity contribution in [3.05, 3.63) is 22.2 Å². The predicted octanol–water partition coefficient (Wildman–Crippen LogP) is 2.60. The zero-order valence-electron chi connectivity index (χ0n) is 8.75. The summed E-state index contributed by atoms with van der Waals surface area (Å²) < 4.78 is 11.4. The summed E-state index contributed by atoms with van der Waals surface area (Å²) >= 11 is 3.39. The number of aryl methyl sites for hydroxylation is 1. The van der Waals surface area contributed by atoms with E-state index in [-0.39, 0.29) is 0 Å². The van der Waals surface area contributed by atoms with Gasteiger partial charge in [0.25, 0.3) is 0 Å². The molecule has 1 aromatic carbocycles. The summed E-state index contributed by atoms with van der Waals surface area (Å²) in [6.45, 7) is 0. The van der Waals surface area contributed by atoms with Crippen LogP contribution in [0.15, 0.2) is 16.6 Å². The zero-order chi connectivity index (χ0) is 11.3. The molecule has 0 saturated heterocycles. The molecule has 1 aromatic rings. The van der Waals surface area contributed by atoms with Crippen LogP contribution in [0, 0.1) is 0 Å². The molecule has 0 aliphatic heterocycles. The van der Waals surface area contributed by atoms with E-state index in [0.717, 1.165) is 16.3 Å². The second-order valence-corrected chi connectivity index (χ2v) is 3.92. The maximum Gasteiger partial charge on any atom is 0.163 e. The van der Waals surface area contributed by atoms with E-state index >= 15 is 0 Å². The number of carbonyl (C=O) groups is 1. The van der Waals surface area contributed by atoms with Crippen LogP contribution in [0.2, 0.25) is 0 Å². The Labute approximate surface area is 97.5 Å². The minimum atomic E-state index is 0.482. The second-order valence-electron chi connectivity index (χ2n) is 3.01. The SMILES string of the molecule is COc1cc(Br)cc(CCC=O)c1OC. The third kappa shape index (κ3) is 2.96. The summed E-state index contributed by atoms with van der Waals surface area (Å²) in [5.74, 6) is 1.37. The standard InChI is InChI=1S/C11H13BrO3/c1-14-10-7-9(12)6-8(4-3-5-13)11(10)15-2/h5-7H,3-4H2,1-2H3. The molecule has 0 spiro atoms. The van der Waals surface area contributed by atoms with Crippen molar-refractivity contribution in [1.82, 2.24) is 0 Å². The highest BCUT2D eigenvalue weighted by atomic mass is 79.9. The quantitative estimate of drug-likeness (QED) is 0.773. The Kier molecular flexibility index (Phi) is 4.62. The van der Waals surface area contributed by atoms with E-state index in [9.17, 15) is 4.79 Å². The molecule has 0 N–H and O–H groups in total. The smallest absolute Gasteiger partial charge is 0.163 e. The van der Waals surface area contributed by atoms with Crippen molar-refractivity contribution < 1.29 is 14.3 Å². The number of aldehydes is 1. The lowest BCUT2D eigenvalue weighted by molar-refractivity contribution is -0.107. The van der Waals surface area contributed by atoms with E-state index < -0.39 is 0 Å². The van der Waals surface area contributed by atoms with Crippen LogP contribution in [-0.2, 0) is 11.2 Å². The molecule has 0 aliphatic carbocycles. The molecule has 1 rings (SSSR count). The Morgan fingerprint density at radius 1 is 1.33 bits per heavy atom. The number of hydrogen-bond donors (Lipinski definition) is 0. The van der Waals surface area contributed by atoms with Crippen LogP contribution in [0.3, 0.4) is 0 Å². The molecule has 0 aliphatic rings. The Balaban J connectivity index is 3.10. The Morgan fingerprint density at radius 3 is 2.60 bits per heavy atom. The first-order valence-electron chi connectivity index (χ1n) is 4.57. The van der Waals surface area contributed by atoms with Gasteiger partial charge in [-0.15, -0.1) is 0 Å². The largest absolute Gasteiger partial charge is 0.493 e. The lowest BCUT2D eigenvalue weighted by Crippen LogP contribution is -1.97. The summed E-state index contributed by atoms with van der Waals surface area (Å²) in [6, 6.07) is 3.77. The fourth-order valence-corrected chi connectivity index (χ4v) is 1.89. The maximum atomic E-state index is 10.3. The normalized spacial score (nSPS) is 9.80. The van der Waals surface area contributed by atoms with Crippen molar-refractivity contribution in [2.45, 2.75) is 12.8 Å². The fraction of sp³-hybridized carbons (Fsp3) is 0.364. The van der Waals surface area contributed by atoms with E-state index in [4.69, 9.17) is 9.47 Å². The zero-order valence-corrected chi connectivity index (χ0v) is 10.3. The van der Waals surface area contributed by atoms with E-state index in [0.29, 0.717) is 24.3 Å². The first-order valence-corrected chi connectivity index (χ1v) is 5.36. The van der Waals surface area contributed by atoms with Gasteiger partial charge in [0.1, 0.15) is 6.29 Å². The number of benzene rings is 1. The Morgan fingerprint density at radius 2 is 2.07 bits per heavy atom. The molecule has 0 saturated carbocycles. The van der Waals surface area contributed by atoms with E-state index in [1.165, 1.54) is 0 Å². The lowest BCUT2D eigenvalue weighted by atomic mass is 10.1. The van der Waals surface area contributed by atoms with Gasteiger partial charge in [-0.2, -0.15) is 0 Å². The molecule has 3 nitrogen and oxygen atoms in total. The number of methoxy groups -OCH3 is 2. The van der Waals surface area contributed by atoms with Crippen LogP contribution in [-0.4, -0.2) is 20.5 Å². The molecule has 0 bridgehead atoms. The number of carbonyl (C=O) groups excluding carboxylic acids is 1. The van der Waals surface area contributed by atoms with Gasteiger partial charge in [0.05, 0.1) is 14.2 Å². The van der Waals surface area contributed by atoms with Crippen LogP contribution < -0.4 is 9.47 Å². The molecule has 4 heteroatoms. The van der Waals surface area contributed by atoms with Crippen molar-refractivity contribution in [1.29, 1.82) is 0 Å². The van der Waals surface area contributed by atoms with E-state index in [1.54, 1.807) is 14.2 Å². The summed E-state index contributed by atoms with van der Waals surface area (Å²) in [4.78, 5) is 10.3. The van der Waals surface area contributed by atoms with Gasteiger partial charge in [-0.25, -0.2) is 0 Å². The van der Waals surface area contributed by atoms with E-state index in [2.05, 4.69) is 15.9 Å². The Bertz CT molecular complexity index is 350. The molecular formula is C11H13BrO3. The first kappa shape index (κ1) is 12.0. The highest BCUT2D eigenvalue weighted by molar-refractivity contribution is 9.10. The van der Waals surface area contributed by atoms with Crippen molar-refractivity contribution >= 4 is 22.2 Å². The van der Waals surface area contributed by atoms with Crippen LogP contribution in [0.1, 0.15) is 12.0 Å². The average Bonchev–Trinajstić information content (AvgIpc) is 2.25. The summed E-state index contributed by atoms with van der Waals surface area (Å²) in [5, 5.41) is 0. The minimum absolute atomic E-state index is 0.482. The summed E-state index contributed by atoms with van der Waals surface area (Å²) in [7, 11) is 3.18. The topological polar surface area (TPSA) is 35.5 Å². The molecule has 82 valence electrons. The minimum Gasteiger partial charge on any atom is -0.493 e. The van der Waals surface area contributed by atoms with Crippen LogP contribution in [0.4, 0.5) is 0 Å². The van der Waals surface area contributed by atoms with Gasteiger partial charge < -0.3 is 14.3 Å². The highest BCUT2D eigenvalue weighted by Crippen LogP contribution is 2.35. The van der Waals surface area contributed by atoms with Crippen molar-refractivity contribution in [3.63, 3.8) is 0 Å². The third-order valence-corrected chi connectivity index (χ3v) is 2.51. The molecule has 15 heavy (non-hydrogen) atoms. The van der Waals surface area contributed by atoms with Gasteiger partial charge >= 0.3 is 0 Å². The van der Waals surface area contributed by atoms with Gasteiger partial charge in [-0.3, -0.25) is 0 Å². The lowest BCUT2D eigenvalue weighted by Gasteiger charge is -2.12. The molecule has 0 aromatic heterocycles. The average molecular weight is 273 g/mol. The number of halogens is 1.